The van der Waals surface area contributed by atoms with E-state index in [1.165, 1.54) is 12.7 Å². The number of aryl methyl sites for hydroxylation is 1. The Morgan fingerprint density at radius 2 is 1.77 bits per heavy atom. The molecule has 0 bridgehead atoms. The summed E-state index contributed by atoms with van der Waals surface area (Å²) in [6.07, 6.45) is 2.82. The SMILES string of the molecule is COC(=O)CCC(C)n1c(=O)n(C(C)c2c[nH]c3cccc(C)c23)c2ccccc21. The molecule has 4 aromatic rings. The molecule has 0 amide bonds. The van der Waals surface area contributed by atoms with Gasteiger partial charge in [0.1, 0.15) is 0 Å². The third-order valence-electron chi connectivity index (χ3n) is 6.03. The number of nitrogens with one attached hydrogen (secondary N) is 1. The van der Waals surface area contributed by atoms with Gasteiger partial charge in [0.2, 0.25) is 0 Å². The van der Waals surface area contributed by atoms with Gasteiger partial charge < -0.3 is 9.72 Å². The summed E-state index contributed by atoms with van der Waals surface area (Å²) in [6, 6.07) is 13.8. The fourth-order valence-electron chi connectivity index (χ4n) is 4.42. The van der Waals surface area contributed by atoms with Crippen molar-refractivity contribution in [1.82, 2.24) is 14.1 Å². The molecule has 0 saturated heterocycles. The van der Waals surface area contributed by atoms with Crippen LogP contribution in [0.1, 0.15) is 49.9 Å². The number of esters is 1. The summed E-state index contributed by atoms with van der Waals surface area (Å²) in [6.45, 7) is 6.13. The lowest BCUT2D eigenvalue weighted by Crippen LogP contribution is -2.29. The highest BCUT2D eigenvalue weighted by molar-refractivity contribution is 5.87. The first-order valence-corrected chi connectivity index (χ1v) is 10.3. The number of H-pyrrole nitrogens is 1. The van der Waals surface area contributed by atoms with Crippen LogP contribution in [-0.2, 0) is 9.53 Å². The van der Waals surface area contributed by atoms with Crippen LogP contribution in [0.15, 0.2) is 53.5 Å². The van der Waals surface area contributed by atoms with E-state index in [1.807, 2.05) is 48.0 Å². The monoisotopic (exact) mass is 405 g/mol. The van der Waals surface area contributed by atoms with Crippen LogP contribution in [-0.4, -0.2) is 27.2 Å². The van der Waals surface area contributed by atoms with Gasteiger partial charge in [0, 0.05) is 35.1 Å². The van der Waals surface area contributed by atoms with E-state index >= 15 is 0 Å². The third-order valence-corrected chi connectivity index (χ3v) is 6.03. The highest BCUT2D eigenvalue weighted by Crippen LogP contribution is 2.31. The van der Waals surface area contributed by atoms with Crippen molar-refractivity contribution in [2.75, 3.05) is 7.11 Å². The largest absolute Gasteiger partial charge is 0.469 e. The molecule has 0 fully saturated rings. The molecule has 2 aromatic heterocycles. The predicted octanol–water partition coefficient (Wildman–Crippen LogP) is 4.72. The summed E-state index contributed by atoms with van der Waals surface area (Å²) in [4.78, 5) is 28.5. The summed E-state index contributed by atoms with van der Waals surface area (Å²) in [7, 11) is 1.38. The number of hydrogen-bond donors (Lipinski definition) is 1. The number of imidazole rings is 1. The Kier molecular flexibility index (Phi) is 5.24. The van der Waals surface area contributed by atoms with E-state index in [1.54, 1.807) is 4.57 Å². The molecule has 2 aromatic carbocycles. The summed E-state index contributed by atoms with van der Waals surface area (Å²) >= 11 is 0. The zero-order valence-corrected chi connectivity index (χ0v) is 17.8. The number of hydrogen-bond acceptors (Lipinski definition) is 3. The number of nitrogens with zero attached hydrogens (tertiary/aromatic N) is 2. The van der Waals surface area contributed by atoms with Crippen LogP contribution in [0.3, 0.4) is 0 Å². The predicted molar refractivity (Wildman–Crippen MR) is 119 cm³/mol. The van der Waals surface area contributed by atoms with Gasteiger partial charge in [0.25, 0.3) is 0 Å². The molecule has 2 unspecified atom stereocenters. The average molecular weight is 405 g/mol. The summed E-state index contributed by atoms with van der Waals surface area (Å²) in [5.41, 5.74) is 5.05. The van der Waals surface area contributed by atoms with Gasteiger partial charge in [0.05, 0.1) is 24.2 Å². The minimum atomic E-state index is -0.263. The van der Waals surface area contributed by atoms with Crippen molar-refractivity contribution in [3.05, 3.63) is 70.3 Å². The van der Waals surface area contributed by atoms with Gasteiger partial charge in [-0.05, 0) is 51.0 Å². The number of rotatable bonds is 6. The Labute approximate surface area is 175 Å². The molecule has 6 nitrogen and oxygen atoms in total. The smallest absolute Gasteiger partial charge is 0.329 e. The van der Waals surface area contributed by atoms with Crippen molar-refractivity contribution in [2.45, 2.75) is 45.7 Å². The van der Waals surface area contributed by atoms with E-state index in [2.05, 4.69) is 31.0 Å². The number of carbonyl (C=O) groups excluding carboxylic acids is 1. The number of fused-ring (bicyclic) bond motifs is 2. The Morgan fingerprint density at radius 3 is 2.47 bits per heavy atom. The molecule has 2 atom stereocenters. The van der Waals surface area contributed by atoms with Crippen LogP contribution in [0.4, 0.5) is 0 Å². The zero-order valence-electron chi connectivity index (χ0n) is 17.8. The molecule has 1 N–H and O–H groups in total. The highest BCUT2D eigenvalue weighted by Gasteiger charge is 2.23. The first kappa shape index (κ1) is 20.0. The minimum absolute atomic E-state index is 0.0657. The Balaban J connectivity index is 1.84. The highest BCUT2D eigenvalue weighted by atomic mass is 16.5. The average Bonchev–Trinajstić information content (AvgIpc) is 3.30. The second kappa shape index (κ2) is 7.86. The number of methoxy groups -OCH3 is 1. The second-order valence-corrected chi connectivity index (χ2v) is 7.89. The standard InChI is InChI=1S/C24H27N3O3/c1-15-8-7-9-19-23(15)18(14-25-19)17(3)27-21-11-6-5-10-20(21)26(24(27)29)16(2)12-13-22(28)30-4/h5-11,14,16-17,25H,12-13H2,1-4H3. The number of aromatic amines is 1. The Morgan fingerprint density at radius 1 is 1.07 bits per heavy atom. The van der Waals surface area contributed by atoms with Crippen molar-refractivity contribution in [3.8, 4) is 0 Å². The van der Waals surface area contributed by atoms with E-state index in [-0.39, 0.29) is 30.2 Å². The molecule has 4 rings (SSSR count). The van der Waals surface area contributed by atoms with Crippen molar-refractivity contribution >= 4 is 27.9 Å². The van der Waals surface area contributed by atoms with Gasteiger partial charge in [0.15, 0.2) is 0 Å². The molecule has 6 heteroatoms. The van der Waals surface area contributed by atoms with Crippen LogP contribution in [0.25, 0.3) is 21.9 Å². The van der Waals surface area contributed by atoms with Gasteiger partial charge in [-0.3, -0.25) is 13.9 Å². The van der Waals surface area contributed by atoms with Gasteiger partial charge in [-0.1, -0.05) is 24.3 Å². The number of para-hydroxylation sites is 2. The maximum Gasteiger partial charge on any atom is 0.329 e. The maximum atomic E-state index is 13.6. The lowest BCUT2D eigenvalue weighted by molar-refractivity contribution is -0.140. The van der Waals surface area contributed by atoms with E-state index < -0.39 is 0 Å². The molecular formula is C24H27N3O3. The van der Waals surface area contributed by atoms with Crippen molar-refractivity contribution < 1.29 is 9.53 Å². The number of ether oxygens (including phenoxy) is 1. The lowest BCUT2D eigenvalue weighted by atomic mass is 10.0. The third kappa shape index (κ3) is 3.22. The van der Waals surface area contributed by atoms with Gasteiger partial charge in [-0.2, -0.15) is 0 Å². The van der Waals surface area contributed by atoms with Crippen LogP contribution >= 0.6 is 0 Å². The molecule has 0 saturated carbocycles. The first-order valence-electron chi connectivity index (χ1n) is 10.3. The molecule has 2 heterocycles. The quantitative estimate of drug-likeness (QED) is 0.472. The molecule has 0 aliphatic carbocycles. The minimum Gasteiger partial charge on any atom is -0.469 e. The van der Waals surface area contributed by atoms with Crippen LogP contribution in [0, 0.1) is 6.92 Å². The maximum absolute atomic E-state index is 13.6. The Hall–Kier alpha value is -3.28. The number of benzene rings is 2. The molecule has 0 aliphatic heterocycles. The Bertz CT molecular complexity index is 1280. The summed E-state index contributed by atoms with van der Waals surface area (Å²) in [5.74, 6) is -0.263. The van der Waals surface area contributed by atoms with Gasteiger partial charge in [-0.15, -0.1) is 0 Å². The normalized spacial score (nSPS) is 13.6. The fourth-order valence-corrected chi connectivity index (χ4v) is 4.42. The molecule has 0 aliphatic rings. The van der Waals surface area contributed by atoms with Crippen LogP contribution < -0.4 is 5.69 Å². The van der Waals surface area contributed by atoms with Crippen LogP contribution in [0.2, 0.25) is 0 Å². The van der Waals surface area contributed by atoms with Crippen molar-refractivity contribution in [2.24, 2.45) is 0 Å². The van der Waals surface area contributed by atoms with Crippen molar-refractivity contribution in [3.63, 3.8) is 0 Å². The fraction of sp³-hybridized carbons (Fsp3) is 0.333. The molecule has 0 radical (unpaired) electrons. The van der Waals surface area contributed by atoms with Crippen LogP contribution in [0.5, 0.6) is 0 Å². The number of carbonyl (C=O) groups is 1. The lowest BCUT2D eigenvalue weighted by Gasteiger charge is -2.15. The van der Waals surface area contributed by atoms with E-state index in [0.29, 0.717) is 6.42 Å². The molecular weight excluding hydrogens is 378 g/mol. The second-order valence-electron chi connectivity index (χ2n) is 7.89. The molecule has 156 valence electrons. The number of aromatic nitrogens is 3. The van der Waals surface area contributed by atoms with Crippen molar-refractivity contribution in [1.29, 1.82) is 0 Å². The topological polar surface area (TPSA) is 69.0 Å². The zero-order chi connectivity index (χ0) is 21.4. The first-order chi connectivity index (χ1) is 14.4. The summed E-state index contributed by atoms with van der Waals surface area (Å²) in [5, 5.41) is 1.16. The van der Waals surface area contributed by atoms with Gasteiger partial charge >= 0.3 is 11.7 Å². The molecule has 30 heavy (non-hydrogen) atoms. The molecule has 0 spiro atoms. The van der Waals surface area contributed by atoms with E-state index in [0.717, 1.165) is 27.5 Å². The van der Waals surface area contributed by atoms with E-state index in [4.69, 9.17) is 4.74 Å². The summed E-state index contributed by atoms with van der Waals surface area (Å²) < 4.78 is 8.43. The van der Waals surface area contributed by atoms with Gasteiger partial charge in [-0.25, -0.2) is 4.79 Å². The van der Waals surface area contributed by atoms with E-state index in [9.17, 15) is 9.59 Å².